The van der Waals surface area contributed by atoms with Gasteiger partial charge < -0.3 is 9.47 Å². The summed E-state index contributed by atoms with van der Waals surface area (Å²) < 4.78 is 52.7. The number of terminal acetylenes is 1. The highest BCUT2D eigenvalue weighted by Crippen LogP contribution is 2.34. The van der Waals surface area contributed by atoms with Gasteiger partial charge in [0, 0.05) is 5.56 Å². The van der Waals surface area contributed by atoms with Crippen LogP contribution in [0.5, 0.6) is 11.5 Å². The predicted octanol–water partition coefficient (Wildman–Crippen LogP) is 5.59. The quantitative estimate of drug-likeness (QED) is 0.164. The van der Waals surface area contributed by atoms with Crippen LogP contribution in [-0.2, 0) is 6.18 Å². The Morgan fingerprint density at radius 3 is 2.67 bits per heavy atom. The predicted molar refractivity (Wildman–Crippen MR) is 139 cm³/mol. The molecule has 0 amide bonds. The number of methoxy groups -OCH3 is 1. The molecule has 0 spiro atoms. The zero-order chi connectivity index (χ0) is 25.9. The lowest BCUT2D eigenvalue weighted by atomic mass is 10.1. The van der Waals surface area contributed by atoms with Crippen LogP contribution >= 0.6 is 22.6 Å². The monoisotopic (exact) mass is 603 g/mol. The molecule has 1 heterocycles. The fourth-order valence-electron chi connectivity index (χ4n) is 3.44. The minimum Gasteiger partial charge on any atom is -0.493 e. The molecule has 0 saturated heterocycles. The minimum atomic E-state index is -4.56. The standard InChI is InChI=1S/C26H17F3IN3O3/c1-3-11-36-23-20(30)12-16(13-22(23)35-2)15-31-33-24(17-7-6-8-18(14-17)26(27,28)29)32-21-10-5-4-9-19(21)25(33)34/h1,4-10,12-15H,11H2,2H3. The molecule has 0 radical (unpaired) electrons. The average molecular weight is 603 g/mol. The molecular formula is C26H17F3IN3O3. The number of para-hydroxylation sites is 1. The fourth-order valence-corrected chi connectivity index (χ4v) is 4.23. The summed E-state index contributed by atoms with van der Waals surface area (Å²) in [6, 6.07) is 14.5. The third-order valence-corrected chi connectivity index (χ3v) is 5.88. The highest BCUT2D eigenvalue weighted by Gasteiger charge is 2.31. The summed E-state index contributed by atoms with van der Waals surface area (Å²) in [5.74, 6) is 3.22. The number of ether oxygens (including phenoxy) is 2. The maximum absolute atomic E-state index is 13.4. The van der Waals surface area contributed by atoms with E-state index in [0.717, 1.165) is 16.8 Å². The Labute approximate surface area is 217 Å². The number of rotatable bonds is 6. The fraction of sp³-hybridized carbons (Fsp3) is 0.115. The van der Waals surface area contributed by atoms with Crippen molar-refractivity contribution in [2.45, 2.75) is 6.18 Å². The highest BCUT2D eigenvalue weighted by molar-refractivity contribution is 14.1. The SMILES string of the molecule is C#CCOc1c(I)cc(C=Nn2c(-c3cccc(C(F)(F)F)c3)nc3ccccc3c2=O)cc1OC. The molecule has 0 N–H and O–H groups in total. The van der Waals surface area contributed by atoms with Crippen molar-refractivity contribution in [1.82, 2.24) is 9.66 Å². The van der Waals surface area contributed by atoms with E-state index in [4.69, 9.17) is 15.9 Å². The molecule has 4 aromatic rings. The number of halogens is 4. The van der Waals surface area contributed by atoms with Gasteiger partial charge >= 0.3 is 6.18 Å². The summed E-state index contributed by atoms with van der Waals surface area (Å²) in [4.78, 5) is 17.8. The van der Waals surface area contributed by atoms with Crippen LogP contribution in [0.1, 0.15) is 11.1 Å². The molecular weight excluding hydrogens is 586 g/mol. The molecule has 3 aromatic carbocycles. The normalized spacial score (nSPS) is 11.6. The molecule has 4 rings (SSSR count). The van der Waals surface area contributed by atoms with Gasteiger partial charge in [0.1, 0.15) is 6.61 Å². The van der Waals surface area contributed by atoms with Gasteiger partial charge in [-0.3, -0.25) is 4.79 Å². The van der Waals surface area contributed by atoms with Gasteiger partial charge in [-0.1, -0.05) is 30.2 Å². The van der Waals surface area contributed by atoms with E-state index in [1.807, 2.05) is 0 Å². The molecule has 6 nitrogen and oxygen atoms in total. The van der Waals surface area contributed by atoms with E-state index in [2.05, 4.69) is 38.6 Å². The second-order valence-corrected chi connectivity index (χ2v) is 8.58. The molecule has 36 heavy (non-hydrogen) atoms. The summed E-state index contributed by atoms with van der Waals surface area (Å²) in [7, 11) is 1.47. The first-order valence-electron chi connectivity index (χ1n) is 10.4. The Balaban J connectivity index is 1.88. The highest BCUT2D eigenvalue weighted by atomic mass is 127. The van der Waals surface area contributed by atoms with Crippen molar-refractivity contribution < 1.29 is 22.6 Å². The first kappa shape index (κ1) is 25.2. The van der Waals surface area contributed by atoms with Gasteiger partial charge in [-0.05, 0) is 64.6 Å². The van der Waals surface area contributed by atoms with Gasteiger partial charge in [-0.25, -0.2) is 4.98 Å². The molecule has 1 aromatic heterocycles. The molecule has 10 heteroatoms. The van der Waals surface area contributed by atoms with Gasteiger partial charge in [-0.2, -0.15) is 22.9 Å². The van der Waals surface area contributed by atoms with Crippen LogP contribution in [-0.4, -0.2) is 29.6 Å². The van der Waals surface area contributed by atoms with Crippen LogP contribution in [0, 0.1) is 15.9 Å². The van der Waals surface area contributed by atoms with Gasteiger partial charge in [0.15, 0.2) is 17.3 Å². The average Bonchev–Trinajstić information content (AvgIpc) is 2.86. The van der Waals surface area contributed by atoms with Gasteiger partial charge in [0.2, 0.25) is 0 Å². The Kier molecular flexibility index (Phi) is 7.30. The summed E-state index contributed by atoms with van der Waals surface area (Å²) >= 11 is 2.05. The van der Waals surface area contributed by atoms with Crippen LogP contribution in [0.15, 0.2) is 70.6 Å². The summed E-state index contributed by atoms with van der Waals surface area (Å²) in [5, 5.41) is 4.58. The molecule has 0 bridgehead atoms. The van der Waals surface area contributed by atoms with Gasteiger partial charge in [0.05, 0.1) is 33.4 Å². The van der Waals surface area contributed by atoms with Gasteiger partial charge in [-0.15, -0.1) is 6.42 Å². The number of nitrogens with zero attached hydrogens (tertiary/aromatic N) is 3. The number of benzene rings is 3. The first-order chi connectivity index (χ1) is 17.2. The van der Waals surface area contributed by atoms with Crippen molar-refractivity contribution in [2.75, 3.05) is 13.7 Å². The molecule has 182 valence electrons. The topological polar surface area (TPSA) is 65.7 Å². The smallest absolute Gasteiger partial charge is 0.416 e. The Hall–Kier alpha value is -3.85. The van der Waals surface area contributed by atoms with Crippen LogP contribution < -0.4 is 15.0 Å². The minimum absolute atomic E-state index is 0.0308. The van der Waals surface area contributed by atoms with Crippen molar-refractivity contribution in [3.63, 3.8) is 0 Å². The second-order valence-electron chi connectivity index (χ2n) is 7.42. The van der Waals surface area contributed by atoms with E-state index in [1.165, 1.54) is 25.5 Å². The van der Waals surface area contributed by atoms with Crippen molar-refractivity contribution >= 4 is 39.7 Å². The lowest BCUT2D eigenvalue weighted by Gasteiger charge is -2.13. The third kappa shape index (κ3) is 5.21. The van der Waals surface area contributed by atoms with E-state index in [0.29, 0.717) is 26.1 Å². The van der Waals surface area contributed by atoms with Gasteiger partial charge in [0.25, 0.3) is 5.56 Å². The summed E-state index contributed by atoms with van der Waals surface area (Å²) in [6.07, 6.45) is 2.10. The van der Waals surface area contributed by atoms with E-state index in [1.54, 1.807) is 36.4 Å². The zero-order valence-electron chi connectivity index (χ0n) is 18.7. The molecule has 0 aliphatic carbocycles. The van der Waals surface area contributed by atoms with Crippen molar-refractivity contribution in [3.8, 4) is 35.2 Å². The number of fused-ring (bicyclic) bond motifs is 1. The molecule has 0 atom stereocenters. The van der Waals surface area contributed by atoms with E-state index in [-0.39, 0.29) is 23.4 Å². The first-order valence-corrected chi connectivity index (χ1v) is 11.5. The van der Waals surface area contributed by atoms with Crippen LogP contribution in [0.4, 0.5) is 13.2 Å². The molecule has 0 aliphatic heterocycles. The molecule has 0 unspecified atom stereocenters. The summed E-state index contributed by atoms with van der Waals surface area (Å²) in [6.45, 7) is 0.0539. The lowest BCUT2D eigenvalue weighted by molar-refractivity contribution is -0.137. The zero-order valence-corrected chi connectivity index (χ0v) is 20.9. The Morgan fingerprint density at radius 1 is 1.17 bits per heavy atom. The van der Waals surface area contributed by atoms with Crippen LogP contribution in [0.3, 0.4) is 0 Å². The largest absolute Gasteiger partial charge is 0.493 e. The van der Waals surface area contributed by atoms with E-state index < -0.39 is 17.3 Å². The maximum Gasteiger partial charge on any atom is 0.416 e. The number of aromatic nitrogens is 2. The number of hydrogen-bond acceptors (Lipinski definition) is 5. The van der Waals surface area contributed by atoms with Crippen LogP contribution in [0.2, 0.25) is 0 Å². The number of alkyl halides is 3. The number of hydrogen-bond donors (Lipinski definition) is 0. The third-order valence-electron chi connectivity index (χ3n) is 5.08. The molecule has 0 fully saturated rings. The van der Waals surface area contributed by atoms with Crippen molar-refractivity contribution in [1.29, 1.82) is 0 Å². The van der Waals surface area contributed by atoms with E-state index in [9.17, 15) is 18.0 Å². The Morgan fingerprint density at radius 2 is 1.94 bits per heavy atom. The van der Waals surface area contributed by atoms with Crippen LogP contribution in [0.25, 0.3) is 22.3 Å². The molecule has 0 saturated carbocycles. The van der Waals surface area contributed by atoms with Crippen molar-refractivity contribution in [2.24, 2.45) is 5.10 Å². The van der Waals surface area contributed by atoms with E-state index >= 15 is 0 Å². The Bertz CT molecular complexity index is 1570. The van der Waals surface area contributed by atoms with Crippen molar-refractivity contribution in [3.05, 3.63) is 85.7 Å². The lowest BCUT2D eigenvalue weighted by Crippen LogP contribution is -2.20. The second kappa shape index (κ2) is 10.4. The molecule has 0 aliphatic rings. The summed E-state index contributed by atoms with van der Waals surface area (Å²) in [5.41, 5.74) is -0.401. The maximum atomic E-state index is 13.4.